The molecule has 0 heterocycles. The van der Waals surface area contributed by atoms with Crippen LogP contribution in [-0.4, -0.2) is 32.1 Å². The number of anilines is 1. The van der Waals surface area contributed by atoms with Crippen molar-refractivity contribution >= 4 is 5.69 Å². The minimum atomic E-state index is -4.30. The standard InChI is InChI=1S/C11H15F3N2/c1-16(2)8-7-15-10-6-4-3-5-9(10)11(12,13)14/h3-6,15H,7-8H2,1-2H3. The normalized spacial score (nSPS) is 11.9. The van der Waals surface area contributed by atoms with Crippen LogP contribution in [0.4, 0.5) is 18.9 Å². The van der Waals surface area contributed by atoms with E-state index in [1.54, 1.807) is 6.07 Å². The molecule has 1 aromatic carbocycles. The summed E-state index contributed by atoms with van der Waals surface area (Å²) in [5.41, 5.74) is -0.481. The van der Waals surface area contributed by atoms with Crippen molar-refractivity contribution in [3.63, 3.8) is 0 Å². The molecule has 0 amide bonds. The van der Waals surface area contributed by atoms with Gasteiger partial charge in [-0.25, -0.2) is 0 Å². The van der Waals surface area contributed by atoms with E-state index in [2.05, 4.69) is 5.32 Å². The van der Waals surface area contributed by atoms with Crippen LogP contribution in [0.5, 0.6) is 0 Å². The first-order valence-corrected chi connectivity index (χ1v) is 4.96. The molecule has 0 atom stereocenters. The largest absolute Gasteiger partial charge is 0.418 e. The van der Waals surface area contributed by atoms with Gasteiger partial charge in [0.05, 0.1) is 5.56 Å². The van der Waals surface area contributed by atoms with E-state index in [1.165, 1.54) is 12.1 Å². The fourth-order valence-electron chi connectivity index (χ4n) is 1.30. The van der Waals surface area contributed by atoms with E-state index in [0.717, 1.165) is 6.07 Å². The number of rotatable bonds is 4. The van der Waals surface area contributed by atoms with Gasteiger partial charge in [0.2, 0.25) is 0 Å². The number of likely N-dealkylation sites (N-methyl/N-ethyl adjacent to an activating group) is 1. The molecule has 0 spiro atoms. The first-order valence-electron chi connectivity index (χ1n) is 4.96. The Morgan fingerprint density at radius 3 is 2.38 bits per heavy atom. The highest BCUT2D eigenvalue weighted by molar-refractivity contribution is 5.52. The highest BCUT2D eigenvalue weighted by Crippen LogP contribution is 2.34. The Balaban J connectivity index is 2.72. The monoisotopic (exact) mass is 232 g/mol. The van der Waals surface area contributed by atoms with E-state index >= 15 is 0 Å². The smallest absolute Gasteiger partial charge is 0.383 e. The molecule has 0 saturated heterocycles. The summed E-state index contributed by atoms with van der Waals surface area (Å²) >= 11 is 0. The van der Waals surface area contributed by atoms with Crippen LogP contribution in [0.2, 0.25) is 0 Å². The predicted octanol–water partition coefficient (Wildman–Crippen LogP) is 2.68. The average Bonchev–Trinajstić information content (AvgIpc) is 2.16. The Kier molecular flexibility index (Phi) is 4.18. The summed E-state index contributed by atoms with van der Waals surface area (Å²) in [5, 5.41) is 2.79. The van der Waals surface area contributed by atoms with Crippen molar-refractivity contribution in [2.45, 2.75) is 6.18 Å². The summed E-state index contributed by atoms with van der Waals surface area (Å²) in [6.07, 6.45) is -4.30. The third-order valence-electron chi connectivity index (χ3n) is 2.11. The molecule has 5 heteroatoms. The molecule has 1 N–H and O–H groups in total. The molecular formula is C11H15F3N2. The summed E-state index contributed by atoms with van der Waals surface area (Å²) in [4.78, 5) is 1.91. The van der Waals surface area contributed by atoms with Gasteiger partial charge < -0.3 is 10.2 Å². The second kappa shape index (κ2) is 5.21. The molecule has 90 valence electrons. The van der Waals surface area contributed by atoms with E-state index in [0.29, 0.717) is 13.1 Å². The first kappa shape index (κ1) is 12.8. The first-order chi connectivity index (χ1) is 7.41. The lowest BCUT2D eigenvalue weighted by molar-refractivity contribution is -0.136. The molecule has 0 saturated carbocycles. The van der Waals surface area contributed by atoms with Crippen molar-refractivity contribution in [1.82, 2.24) is 4.90 Å². The van der Waals surface area contributed by atoms with Crippen molar-refractivity contribution in [2.24, 2.45) is 0 Å². The fraction of sp³-hybridized carbons (Fsp3) is 0.455. The van der Waals surface area contributed by atoms with Gasteiger partial charge in [0.15, 0.2) is 0 Å². The topological polar surface area (TPSA) is 15.3 Å². The number of nitrogens with zero attached hydrogens (tertiary/aromatic N) is 1. The van der Waals surface area contributed by atoms with E-state index in [1.807, 2.05) is 19.0 Å². The van der Waals surface area contributed by atoms with E-state index in [4.69, 9.17) is 0 Å². The van der Waals surface area contributed by atoms with Crippen LogP contribution in [0.15, 0.2) is 24.3 Å². The van der Waals surface area contributed by atoms with Crippen LogP contribution in [0, 0.1) is 0 Å². The number of alkyl halides is 3. The minimum absolute atomic E-state index is 0.136. The van der Waals surface area contributed by atoms with Crippen LogP contribution in [0.1, 0.15) is 5.56 Å². The summed E-state index contributed by atoms with van der Waals surface area (Å²) in [5.74, 6) is 0. The van der Waals surface area contributed by atoms with Crippen molar-refractivity contribution in [1.29, 1.82) is 0 Å². The third-order valence-corrected chi connectivity index (χ3v) is 2.11. The molecule has 0 unspecified atom stereocenters. The van der Waals surface area contributed by atoms with Gasteiger partial charge in [-0.2, -0.15) is 13.2 Å². The number of para-hydroxylation sites is 1. The number of benzene rings is 1. The molecule has 0 radical (unpaired) electrons. The fourth-order valence-corrected chi connectivity index (χ4v) is 1.30. The van der Waals surface area contributed by atoms with Crippen molar-refractivity contribution in [3.05, 3.63) is 29.8 Å². The van der Waals surface area contributed by atoms with Gasteiger partial charge >= 0.3 is 6.18 Å². The Morgan fingerprint density at radius 2 is 1.81 bits per heavy atom. The molecule has 0 aromatic heterocycles. The van der Waals surface area contributed by atoms with E-state index in [9.17, 15) is 13.2 Å². The number of hydrogen-bond donors (Lipinski definition) is 1. The summed E-state index contributed by atoms with van der Waals surface area (Å²) in [6, 6.07) is 5.50. The molecule has 1 aromatic rings. The maximum Gasteiger partial charge on any atom is 0.418 e. The lowest BCUT2D eigenvalue weighted by Crippen LogP contribution is -2.22. The predicted molar refractivity (Wildman–Crippen MR) is 58.5 cm³/mol. The summed E-state index contributed by atoms with van der Waals surface area (Å²) in [6.45, 7) is 1.17. The lowest BCUT2D eigenvalue weighted by Gasteiger charge is -2.15. The van der Waals surface area contributed by atoms with Gasteiger partial charge in [-0.1, -0.05) is 12.1 Å². The van der Waals surface area contributed by atoms with E-state index < -0.39 is 11.7 Å². The molecule has 16 heavy (non-hydrogen) atoms. The third kappa shape index (κ3) is 3.73. The molecule has 2 nitrogen and oxygen atoms in total. The maximum absolute atomic E-state index is 12.6. The van der Waals surface area contributed by atoms with Gasteiger partial charge in [0.1, 0.15) is 0 Å². The second-order valence-corrected chi connectivity index (χ2v) is 3.77. The number of hydrogen-bond acceptors (Lipinski definition) is 2. The summed E-state index contributed by atoms with van der Waals surface area (Å²) in [7, 11) is 3.74. The molecule has 0 aliphatic rings. The maximum atomic E-state index is 12.6. The zero-order valence-electron chi connectivity index (χ0n) is 9.30. The Labute approximate surface area is 93.1 Å². The number of halogens is 3. The van der Waals surface area contributed by atoms with Gasteiger partial charge in [0, 0.05) is 18.8 Å². The molecule has 0 fully saturated rings. The Bertz CT molecular complexity index is 334. The summed E-state index contributed by atoms with van der Waals surface area (Å²) < 4.78 is 37.8. The zero-order valence-corrected chi connectivity index (χ0v) is 9.30. The van der Waals surface area contributed by atoms with Crippen LogP contribution in [-0.2, 0) is 6.18 Å². The Hall–Kier alpha value is -1.23. The molecule has 0 bridgehead atoms. The second-order valence-electron chi connectivity index (χ2n) is 3.77. The molecule has 1 rings (SSSR count). The molecule has 0 aliphatic heterocycles. The van der Waals surface area contributed by atoms with Crippen molar-refractivity contribution < 1.29 is 13.2 Å². The lowest BCUT2D eigenvalue weighted by atomic mass is 10.1. The van der Waals surface area contributed by atoms with Crippen molar-refractivity contribution in [3.8, 4) is 0 Å². The van der Waals surface area contributed by atoms with Gasteiger partial charge in [-0.05, 0) is 26.2 Å². The van der Waals surface area contributed by atoms with Crippen LogP contribution < -0.4 is 5.32 Å². The zero-order chi connectivity index (χ0) is 12.2. The van der Waals surface area contributed by atoms with Crippen LogP contribution >= 0.6 is 0 Å². The highest BCUT2D eigenvalue weighted by atomic mass is 19.4. The van der Waals surface area contributed by atoms with Gasteiger partial charge in [-0.3, -0.25) is 0 Å². The molecule has 0 aliphatic carbocycles. The van der Waals surface area contributed by atoms with Crippen LogP contribution in [0.25, 0.3) is 0 Å². The number of nitrogens with one attached hydrogen (secondary N) is 1. The SMILES string of the molecule is CN(C)CCNc1ccccc1C(F)(F)F. The van der Waals surface area contributed by atoms with Gasteiger partial charge in [0.25, 0.3) is 0 Å². The average molecular weight is 232 g/mol. The van der Waals surface area contributed by atoms with E-state index in [-0.39, 0.29) is 5.69 Å². The Morgan fingerprint density at radius 1 is 1.19 bits per heavy atom. The highest BCUT2D eigenvalue weighted by Gasteiger charge is 2.32. The van der Waals surface area contributed by atoms with Crippen molar-refractivity contribution in [2.75, 3.05) is 32.5 Å². The minimum Gasteiger partial charge on any atom is -0.383 e. The quantitative estimate of drug-likeness (QED) is 0.858. The molecular weight excluding hydrogens is 217 g/mol. The van der Waals surface area contributed by atoms with Crippen LogP contribution in [0.3, 0.4) is 0 Å². The van der Waals surface area contributed by atoms with Gasteiger partial charge in [-0.15, -0.1) is 0 Å².